The zero-order valence-electron chi connectivity index (χ0n) is 34.8. The fourth-order valence-electron chi connectivity index (χ4n) is 9.09. The van der Waals surface area contributed by atoms with Gasteiger partial charge in [-0.25, -0.2) is 28.2 Å². The molecule has 9 rings (SSSR count). The highest BCUT2D eigenvalue weighted by Gasteiger charge is 2.34. The second-order valence-electron chi connectivity index (χ2n) is 16.0. The van der Waals surface area contributed by atoms with E-state index < -0.39 is 5.92 Å². The number of likely N-dealkylation sites (tertiary alicyclic amines) is 1. The minimum atomic E-state index is -0.531. The number of nitrogens with zero attached hydrogens (tertiary/aromatic N) is 8. The number of nitrogens with one attached hydrogen (secondary N) is 1. The minimum Gasteiger partial charge on any atom is -0.467 e. The van der Waals surface area contributed by atoms with Gasteiger partial charge in [-0.05, 0) is 102 Å². The molecular formula is C47H46FN9O5. The third kappa shape index (κ3) is 7.53. The van der Waals surface area contributed by atoms with E-state index in [1.807, 2.05) is 36.4 Å². The van der Waals surface area contributed by atoms with Crippen LogP contribution in [-0.4, -0.2) is 80.3 Å². The van der Waals surface area contributed by atoms with E-state index in [1.54, 1.807) is 47.6 Å². The highest BCUT2D eigenvalue weighted by Crippen LogP contribution is 2.40. The highest BCUT2D eigenvalue weighted by molar-refractivity contribution is 6.06. The molecule has 3 saturated heterocycles. The number of aromatic nitrogens is 5. The van der Waals surface area contributed by atoms with Crippen LogP contribution in [-0.2, 0) is 29.6 Å². The molecule has 3 aromatic heterocycles. The predicted molar refractivity (Wildman–Crippen MR) is 232 cm³/mol. The summed E-state index contributed by atoms with van der Waals surface area (Å²) < 4.78 is 23.6. The number of amides is 4. The van der Waals surface area contributed by atoms with Crippen LogP contribution in [0.5, 0.6) is 6.01 Å². The van der Waals surface area contributed by atoms with Crippen LogP contribution in [0.15, 0.2) is 102 Å². The molecule has 0 radical (unpaired) electrons. The molecule has 6 heterocycles. The molecule has 0 spiro atoms. The second-order valence-corrected chi connectivity index (χ2v) is 16.0. The second kappa shape index (κ2) is 16.8. The maximum atomic E-state index is 15.4. The molecule has 316 valence electrons. The van der Waals surface area contributed by atoms with Crippen molar-refractivity contribution in [1.82, 2.24) is 34.5 Å². The first-order valence-corrected chi connectivity index (χ1v) is 20.9. The fraction of sp³-hybridized carbons (Fsp3) is 0.298. The van der Waals surface area contributed by atoms with Gasteiger partial charge in [0, 0.05) is 63.2 Å². The van der Waals surface area contributed by atoms with E-state index in [4.69, 9.17) is 9.72 Å². The van der Waals surface area contributed by atoms with Crippen LogP contribution in [0.4, 0.5) is 20.7 Å². The van der Waals surface area contributed by atoms with Crippen molar-refractivity contribution < 1.29 is 23.5 Å². The van der Waals surface area contributed by atoms with Crippen LogP contribution < -0.4 is 25.5 Å². The van der Waals surface area contributed by atoms with Crippen molar-refractivity contribution in [3.63, 3.8) is 0 Å². The molecule has 15 heteroatoms. The van der Waals surface area contributed by atoms with E-state index in [1.165, 1.54) is 28.0 Å². The van der Waals surface area contributed by atoms with Crippen molar-refractivity contribution in [2.24, 2.45) is 7.05 Å². The average Bonchev–Trinajstić information content (AvgIpc) is 4.00. The lowest BCUT2D eigenvalue weighted by Crippen LogP contribution is -2.39. The van der Waals surface area contributed by atoms with Gasteiger partial charge >= 0.3 is 17.7 Å². The zero-order valence-corrected chi connectivity index (χ0v) is 34.8. The van der Waals surface area contributed by atoms with E-state index >= 15 is 4.39 Å². The standard InChI is InChI=1S/C47H46FN9O5/c1-4-36-39(17-20-50-43(36)56-23-22-55(47(56)61)35-6-5-19-49-26-35)38-14-13-34(57-45(62-3)52-53(2)46(57)60)25-40(38)30-9-7-29(8-10-30)32-18-21-54(27-32)28-33-12-11-31(24-41(33)48)37-15-16-42(58)51-44(37)59/h5-14,17,19-20,24-26,32,37H,4,15-16,18,21-23,27-28H2,1-3H3,(H,51,58,59). The van der Waals surface area contributed by atoms with E-state index in [0.717, 1.165) is 53.0 Å². The molecule has 14 nitrogen and oxygen atoms in total. The van der Waals surface area contributed by atoms with Crippen molar-refractivity contribution in [3.8, 4) is 34.0 Å². The Bertz CT molecular complexity index is 2750. The summed E-state index contributed by atoms with van der Waals surface area (Å²) in [7, 11) is 3.06. The van der Waals surface area contributed by atoms with Crippen LogP contribution >= 0.6 is 0 Å². The quantitative estimate of drug-likeness (QED) is 0.147. The van der Waals surface area contributed by atoms with Gasteiger partial charge in [-0.15, -0.1) is 5.10 Å². The Morgan fingerprint density at radius 1 is 0.839 bits per heavy atom. The summed E-state index contributed by atoms with van der Waals surface area (Å²) >= 11 is 0. The van der Waals surface area contributed by atoms with Gasteiger partial charge < -0.3 is 4.74 Å². The molecule has 1 N–H and O–H groups in total. The number of benzene rings is 3. The normalized spacial score (nSPS) is 18.2. The number of hydrogen-bond donors (Lipinski definition) is 1. The Morgan fingerprint density at radius 2 is 1.65 bits per heavy atom. The van der Waals surface area contributed by atoms with Crippen LogP contribution in [0.3, 0.4) is 0 Å². The number of halogens is 1. The van der Waals surface area contributed by atoms with E-state index in [0.29, 0.717) is 55.1 Å². The Hall–Kier alpha value is -7.00. The molecule has 3 aromatic carbocycles. The van der Waals surface area contributed by atoms with Gasteiger partial charge in [0.05, 0.1) is 30.6 Å². The topological polar surface area (TPSA) is 148 Å². The largest absolute Gasteiger partial charge is 0.467 e. The summed E-state index contributed by atoms with van der Waals surface area (Å²) in [5, 5.41) is 6.63. The van der Waals surface area contributed by atoms with Crippen molar-refractivity contribution >= 4 is 29.4 Å². The van der Waals surface area contributed by atoms with Gasteiger partial charge in [0.2, 0.25) is 11.8 Å². The number of piperidine rings is 1. The summed E-state index contributed by atoms with van der Waals surface area (Å²) in [5.74, 6) is -0.717. The van der Waals surface area contributed by atoms with Crippen LogP contribution in [0.1, 0.15) is 60.3 Å². The number of urea groups is 1. The third-order valence-electron chi connectivity index (χ3n) is 12.3. The lowest BCUT2D eigenvalue weighted by atomic mass is 9.89. The number of pyridine rings is 2. The molecule has 3 aliphatic rings. The number of aryl methyl sites for hydroxylation is 1. The van der Waals surface area contributed by atoms with Gasteiger partial charge in [-0.2, -0.15) is 0 Å². The lowest BCUT2D eigenvalue weighted by Gasteiger charge is -2.23. The number of ether oxygens (including phenoxy) is 1. The Morgan fingerprint density at radius 3 is 2.39 bits per heavy atom. The van der Waals surface area contributed by atoms with Crippen LogP contribution in [0.2, 0.25) is 0 Å². The number of carbonyl (C=O) groups is 3. The Labute approximate surface area is 357 Å². The van der Waals surface area contributed by atoms with Gasteiger partial charge in [-0.3, -0.25) is 34.6 Å². The maximum Gasteiger partial charge on any atom is 0.353 e. The maximum absolute atomic E-state index is 15.4. The number of anilines is 2. The molecule has 0 aliphatic carbocycles. The summed E-state index contributed by atoms with van der Waals surface area (Å²) in [5.41, 5.74) is 7.83. The van der Waals surface area contributed by atoms with Crippen LogP contribution in [0, 0.1) is 5.82 Å². The van der Waals surface area contributed by atoms with Crippen molar-refractivity contribution in [2.75, 3.05) is 43.1 Å². The van der Waals surface area contributed by atoms with Gasteiger partial charge in [-0.1, -0.05) is 49.4 Å². The highest BCUT2D eigenvalue weighted by atomic mass is 19.1. The van der Waals surface area contributed by atoms with Gasteiger partial charge in [0.25, 0.3) is 0 Å². The molecule has 4 amide bonds. The lowest BCUT2D eigenvalue weighted by molar-refractivity contribution is -0.134. The number of hydrogen-bond acceptors (Lipinski definition) is 9. The first-order valence-electron chi connectivity index (χ1n) is 20.9. The van der Waals surface area contributed by atoms with Gasteiger partial charge in [0.15, 0.2) is 0 Å². The summed E-state index contributed by atoms with van der Waals surface area (Å²) in [6, 6.07) is 25.0. The summed E-state index contributed by atoms with van der Waals surface area (Å²) in [6.45, 7) is 5.04. The molecule has 62 heavy (non-hydrogen) atoms. The Balaban J connectivity index is 1.00. The molecular weight excluding hydrogens is 790 g/mol. The molecule has 3 aliphatic heterocycles. The number of imide groups is 1. The third-order valence-corrected chi connectivity index (χ3v) is 12.3. The van der Waals surface area contributed by atoms with Crippen molar-refractivity contribution in [3.05, 3.63) is 136 Å². The first kappa shape index (κ1) is 40.4. The predicted octanol–water partition coefficient (Wildman–Crippen LogP) is 6.36. The molecule has 2 unspecified atom stereocenters. The van der Waals surface area contributed by atoms with Crippen LogP contribution in [0.25, 0.3) is 27.9 Å². The van der Waals surface area contributed by atoms with E-state index in [-0.39, 0.29) is 47.7 Å². The number of methoxy groups -OCH3 is 1. The van der Waals surface area contributed by atoms with E-state index in [9.17, 15) is 19.2 Å². The average molecular weight is 836 g/mol. The van der Waals surface area contributed by atoms with Crippen molar-refractivity contribution in [1.29, 1.82) is 0 Å². The summed E-state index contributed by atoms with van der Waals surface area (Å²) in [4.78, 5) is 65.8. The smallest absolute Gasteiger partial charge is 0.353 e. The Kier molecular flexibility index (Phi) is 11.0. The molecule has 0 saturated carbocycles. The number of rotatable bonds is 11. The summed E-state index contributed by atoms with van der Waals surface area (Å²) in [6.07, 6.45) is 7.24. The van der Waals surface area contributed by atoms with Gasteiger partial charge in [0.1, 0.15) is 11.6 Å². The fourth-order valence-corrected chi connectivity index (χ4v) is 9.09. The zero-order chi connectivity index (χ0) is 43.1. The van der Waals surface area contributed by atoms with Crippen molar-refractivity contribution in [2.45, 2.75) is 51.0 Å². The molecule has 2 atom stereocenters. The SMILES string of the molecule is CCc1c(-c2ccc(-n3c(OC)nn(C)c3=O)cc2-c2ccc(C3CCN(Cc4ccc(C5CCC(=O)NC5=O)cc4F)C3)cc2)ccnc1N1CCN(c2cccnc2)C1=O. The van der Waals surface area contributed by atoms with E-state index in [2.05, 4.69) is 51.5 Å². The molecule has 3 fully saturated rings. The minimum absolute atomic E-state index is 0.161. The molecule has 0 bridgehead atoms. The first-order chi connectivity index (χ1) is 30.1. The number of carbonyl (C=O) groups excluding carboxylic acids is 3. The molecule has 6 aromatic rings. The monoisotopic (exact) mass is 835 g/mol.